The van der Waals surface area contributed by atoms with Gasteiger partial charge in [-0.2, -0.15) is 0 Å². The monoisotopic (exact) mass is 257 g/mol. The van der Waals surface area contributed by atoms with Crippen LogP contribution in [0.15, 0.2) is 0 Å². The van der Waals surface area contributed by atoms with E-state index >= 15 is 0 Å². The molecule has 0 aromatic heterocycles. The van der Waals surface area contributed by atoms with Crippen LogP contribution in [0.4, 0.5) is 0 Å². The van der Waals surface area contributed by atoms with Crippen molar-refractivity contribution in [2.24, 2.45) is 5.92 Å². The van der Waals surface area contributed by atoms with E-state index in [0.29, 0.717) is 6.54 Å². The van der Waals surface area contributed by atoms with Crippen molar-refractivity contribution in [3.05, 3.63) is 0 Å². The van der Waals surface area contributed by atoms with Gasteiger partial charge < -0.3 is 10.0 Å². The molecular formula is C12H19NO3S. The molecule has 0 bridgehead atoms. The van der Waals surface area contributed by atoms with E-state index < -0.39 is 5.97 Å². The molecule has 0 saturated carbocycles. The normalized spacial score (nSPS) is 29.3. The summed E-state index contributed by atoms with van der Waals surface area (Å²) in [6.07, 6.45) is 4.40. The fourth-order valence-electron chi connectivity index (χ4n) is 2.59. The molecule has 2 saturated heterocycles. The average Bonchev–Trinajstić information content (AvgIpc) is 2.77. The number of thioether (sulfide) groups is 1. The molecule has 96 valence electrons. The van der Waals surface area contributed by atoms with Crippen LogP contribution in [-0.4, -0.2) is 46.0 Å². The number of likely N-dealkylation sites (tertiary alicyclic amines) is 1. The van der Waals surface area contributed by atoms with Gasteiger partial charge in [-0.3, -0.25) is 9.59 Å². The van der Waals surface area contributed by atoms with E-state index in [0.717, 1.165) is 31.6 Å². The second-order valence-corrected chi connectivity index (χ2v) is 6.20. The Morgan fingerprint density at radius 2 is 2.12 bits per heavy atom. The van der Waals surface area contributed by atoms with Crippen LogP contribution >= 0.6 is 11.8 Å². The Bertz CT molecular complexity index is 302. The Morgan fingerprint density at radius 1 is 1.29 bits per heavy atom. The van der Waals surface area contributed by atoms with Gasteiger partial charge in [-0.05, 0) is 30.9 Å². The average molecular weight is 257 g/mol. The molecule has 2 aliphatic rings. The highest BCUT2D eigenvalue weighted by Crippen LogP contribution is 2.29. The third-order valence-electron chi connectivity index (χ3n) is 3.52. The topological polar surface area (TPSA) is 57.6 Å². The summed E-state index contributed by atoms with van der Waals surface area (Å²) in [5, 5.41) is 8.87. The maximum atomic E-state index is 12.2. The lowest BCUT2D eigenvalue weighted by molar-refractivity contribution is -0.138. The smallest absolute Gasteiger partial charge is 0.303 e. The highest BCUT2D eigenvalue weighted by molar-refractivity contribution is 8.00. The van der Waals surface area contributed by atoms with Crippen molar-refractivity contribution in [3.63, 3.8) is 0 Å². The Labute approximate surface area is 106 Å². The summed E-state index contributed by atoms with van der Waals surface area (Å²) >= 11 is 1.77. The van der Waals surface area contributed by atoms with Crippen LogP contribution in [0.25, 0.3) is 0 Å². The Kier molecular flexibility index (Phi) is 4.31. The number of carboxylic acid groups (broad SMARTS) is 1. The predicted molar refractivity (Wildman–Crippen MR) is 67.0 cm³/mol. The molecule has 1 amide bonds. The first kappa shape index (κ1) is 12.7. The minimum atomic E-state index is -0.753. The maximum absolute atomic E-state index is 12.2. The third-order valence-corrected chi connectivity index (χ3v) is 4.88. The highest BCUT2D eigenvalue weighted by atomic mass is 32.2. The second kappa shape index (κ2) is 5.76. The number of carboxylic acids is 1. The van der Waals surface area contributed by atoms with Crippen LogP contribution in [0.1, 0.15) is 32.1 Å². The minimum Gasteiger partial charge on any atom is -0.481 e. The number of amides is 1. The lowest BCUT2D eigenvalue weighted by Crippen LogP contribution is -2.37. The van der Waals surface area contributed by atoms with Gasteiger partial charge in [-0.25, -0.2) is 0 Å². The molecule has 5 heteroatoms. The van der Waals surface area contributed by atoms with E-state index in [1.54, 1.807) is 11.8 Å². The zero-order chi connectivity index (χ0) is 12.3. The number of hydrogen-bond donors (Lipinski definition) is 1. The van der Waals surface area contributed by atoms with Crippen LogP contribution in [0.3, 0.4) is 0 Å². The molecular weight excluding hydrogens is 238 g/mol. The number of aliphatic carboxylic acids is 1. The summed E-state index contributed by atoms with van der Waals surface area (Å²) < 4.78 is 0. The molecule has 2 fully saturated rings. The lowest BCUT2D eigenvalue weighted by atomic mass is 10.1. The lowest BCUT2D eigenvalue weighted by Gasteiger charge is -2.25. The number of carbonyl (C=O) groups is 2. The number of hydrogen-bond acceptors (Lipinski definition) is 3. The molecule has 0 aromatic carbocycles. The van der Waals surface area contributed by atoms with Gasteiger partial charge in [-0.1, -0.05) is 6.42 Å². The summed E-state index contributed by atoms with van der Waals surface area (Å²) in [6, 6.07) is 0. The molecule has 0 radical (unpaired) electrons. The first-order valence-corrected chi connectivity index (χ1v) is 7.34. The molecule has 17 heavy (non-hydrogen) atoms. The molecule has 2 rings (SSSR count). The molecule has 2 unspecified atom stereocenters. The van der Waals surface area contributed by atoms with Crippen LogP contribution in [-0.2, 0) is 9.59 Å². The van der Waals surface area contributed by atoms with E-state index in [4.69, 9.17) is 5.11 Å². The largest absolute Gasteiger partial charge is 0.481 e. The first-order chi connectivity index (χ1) is 8.16. The first-order valence-electron chi connectivity index (χ1n) is 6.29. The van der Waals surface area contributed by atoms with Crippen molar-refractivity contribution in [1.82, 2.24) is 4.90 Å². The van der Waals surface area contributed by atoms with Crippen LogP contribution in [0, 0.1) is 5.92 Å². The van der Waals surface area contributed by atoms with Gasteiger partial charge in [0.15, 0.2) is 0 Å². The zero-order valence-corrected chi connectivity index (χ0v) is 10.7. The molecule has 0 aliphatic carbocycles. The van der Waals surface area contributed by atoms with Crippen molar-refractivity contribution in [3.8, 4) is 0 Å². The van der Waals surface area contributed by atoms with Crippen molar-refractivity contribution < 1.29 is 14.7 Å². The highest BCUT2D eigenvalue weighted by Gasteiger charge is 2.32. The SMILES string of the molecule is O=C(O)CC1CCN(C(=O)C2CCCCS2)C1. The number of rotatable bonds is 3. The van der Waals surface area contributed by atoms with E-state index in [9.17, 15) is 9.59 Å². The third kappa shape index (κ3) is 3.37. The summed E-state index contributed by atoms with van der Waals surface area (Å²) in [5.74, 6) is 0.729. The van der Waals surface area contributed by atoms with E-state index in [1.165, 1.54) is 6.42 Å². The molecule has 4 nitrogen and oxygen atoms in total. The fourth-order valence-corrected chi connectivity index (χ4v) is 3.87. The van der Waals surface area contributed by atoms with Crippen molar-refractivity contribution in [1.29, 1.82) is 0 Å². The van der Waals surface area contributed by atoms with Gasteiger partial charge in [0, 0.05) is 19.5 Å². The van der Waals surface area contributed by atoms with Gasteiger partial charge in [0.05, 0.1) is 5.25 Å². The molecule has 1 N–H and O–H groups in total. The standard InChI is InChI=1S/C12H19NO3S/c14-11(15)7-9-4-5-13(8-9)12(16)10-3-1-2-6-17-10/h9-10H,1-8H2,(H,14,15). The number of nitrogens with zero attached hydrogens (tertiary/aromatic N) is 1. The molecule has 2 aliphatic heterocycles. The Morgan fingerprint density at radius 3 is 2.76 bits per heavy atom. The fraction of sp³-hybridized carbons (Fsp3) is 0.833. The quantitative estimate of drug-likeness (QED) is 0.834. The molecule has 2 heterocycles. The van der Waals surface area contributed by atoms with E-state index in [2.05, 4.69) is 0 Å². The van der Waals surface area contributed by atoms with Crippen LogP contribution < -0.4 is 0 Å². The maximum Gasteiger partial charge on any atom is 0.303 e. The van der Waals surface area contributed by atoms with E-state index in [1.807, 2.05) is 4.90 Å². The predicted octanol–water partition coefficient (Wildman–Crippen LogP) is 1.60. The summed E-state index contributed by atoms with van der Waals surface area (Å²) in [7, 11) is 0. The number of carbonyl (C=O) groups excluding carboxylic acids is 1. The minimum absolute atomic E-state index is 0.132. The Hall–Kier alpha value is -0.710. The van der Waals surface area contributed by atoms with Crippen LogP contribution in [0.2, 0.25) is 0 Å². The summed E-state index contributed by atoms with van der Waals surface area (Å²) in [5.41, 5.74) is 0. The molecule has 0 aromatic rings. The zero-order valence-electron chi connectivity index (χ0n) is 9.93. The van der Waals surface area contributed by atoms with Crippen molar-refractivity contribution >= 4 is 23.6 Å². The van der Waals surface area contributed by atoms with Gasteiger partial charge in [0.2, 0.25) is 5.91 Å². The summed E-state index contributed by atoms with van der Waals surface area (Å²) in [6.45, 7) is 1.38. The van der Waals surface area contributed by atoms with Gasteiger partial charge in [0.1, 0.15) is 0 Å². The van der Waals surface area contributed by atoms with Gasteiger partial charge >= 0.3 is 5.97 Å². The summed E-state index contributed by atoms with van der Waals surface area (Å²) in [4.78, 5) is 24.7. The molecule has 0 spiro atoms. The van der Waals surface area contributed by atoms with Gasteiger partial charge in [0.25, 0.3) is 0 Å². The van der Waals surface area contributed by atoms with Crippen molar-refractivity contribution in [2.75, 3.05) is 18.8 Å². The second-order valence-electron chi connectivity index (χ2n) is 4.89. The Balaban J connectivity index is 1.82. The van der Waals surface area contributed by atoms with E-state index in [-0.39, 0.29) is 23.5 Å². The molecule has 2 atom stereocenters. The van der Waals surface area contributed by atoms with Gasteiger partial charge in [-0.15, -0.1) is 11.8 Å². The van der Waals surface area contributed by atoms with Crippen molar-refractivity contribution in [2.45, 2.75) is 37.4 Å². The van der Waals surface area contributed by atoms with Crippen LogP contribution in [0.5, 0.6) is 0 Å².